The van der Waals surface area contributed by atoms with Gasteiger partial charge in [-0.15, -0.1) is 0 Å². The highest BCUT2D eigenvalue weighted by molar-refractivity contribution is 6.31. The van der Waals surface area contributed by atoms with Crippen LogP contribution in [0.2, 0.25) is 0 Å². The molecule has 1 aromatic heterocycles. The van der Waals surface area contributed by atoms with Crippen molar-refractivity contribution < 1.29 is 0 Å². The van der Waals surface area contributed by atoms with Gasteiger partial charge in [-0.3, -0.25) is 0 Å². The van der Waals surface area contributed by atoms with Gasteiger partial charge in [-0.25, -0.2) is 0 Å². The summed E-state index contributed by atoms with van der Waals surface area (Å²) in [6.07, 6.45) is 43.8. The second-order valence-corrected chi connectivity index (χ2v) is 21.7. The Balaban J connectivity index is 0.964. The standard InChI is InChI=1S/C69H60N2/c1-2-3-17-46-22-14-33-61(46)71-63-39-36-45-20-7-9-24-50(45)67(63)69-58-28-13-11-26-56(58)60(42-65(69)71)54-32-16-29-51-52(54)30-15-31-53(51)59-41-64-68(57-27-12-10-25-55(57)59)66-49-23-8-6-19-44(49)35-38-62(66)70(64)48-37-34-43-18-4-5-21-47(43)40-48/h3,6-9,11-17,19-20,22-24,26-32,34,36-37,39-44,47,49,62,66H,2,4-5,10,18,21,25,33,35,38H2,1H3/b17-3-. The number of benzene rings is 7. The fourth-order valence-corrected chi connectivity index (χ4v) is 15.1. The molecule has 7 aromatic carbocycles. The second-order valence-electron chi connectivity index (χ2n) is 21.7. The maximum absolute atomic E-state index is 2.87. The van der Waals surface area contributed by atoms with Gasteiger partial charge in [0.2, 0.25) is 0 Å². The van der Waals surface area contributed by atoms with E-state index in [-0.39, 0.29) is 0 Å². The van der Waals surface area contributed by atoms with Gasteiger partial charge in [0.1, 0.15) is 0 Å². The first kappa shape index (κ1) is 41.6. The normalized spacial score (nSPS) is 24.2. The third-order valence-electron chi connectivity index (χ3n) is 18.2. The molecule has 15 rings (SSSR count). The van der Waals surface area contributed by atoms with Crippen molar-refractivity contribution in [2.24, 2.45) is 23.7 Å². The Kier molecular flexibility index (Phi) is 9.64. The molecular weight excluding hydrogens is 857 g/mol. The lowest BCUT2D eigenvalue weighted by molar-refractivity contribution is 0.266. The van der Waals surface area contributed by atoms with Crippen LogP contribution in [0.15, 0.2) is 193 Å². The lowest BCUT2D eigenvalue weighted by Gasteiger charge is -2.43. The van der Waals surface area contributed by atoms with Crippen LogP contribution in [0, 0.1) is 23.7 Å². The van der Waals surface area contributed by atoms with Crippen LogP contribution in [-0.4, -0.2) is 10.6 Å². The van der Waals surface area contributed by atoms with Crippen molar-refractivity contribution in [3.63, 3.8) is 0 Å². The van der Waals surface area contributed by atoms with E-state index in [1.165, 1.54) is 149 Å². The molecule has 0 radical (unpaired) electrons. The topological polar surface area (TPSA) is 8.17 Å². The Morgan fingerprint density at radius 2 is 1.37 bits per heavy atom. The third kappa shape index (κ3) is 6.25. The van der Waals surface area contributed by atoms with Gasteiger partial charge in [0.15, 0.2) is 0 Å². The summed E-state index contributed by atoms with van der Waals surface area (Å²) in [5, 5.41) is 10.5. The molecule has 0 bridgehead atoms. The Bertz CT molecular complexity index is 3830. The first-order valence-electron chi connectivity index (χ1n) is 27.1. The van der Waals surface area contributed by atoms with Crippen LogP contribution in [0.3, 0.4) is 0 Å². The van der Waals surface area contributed by atoms with E-state index in [9.17, 15) is 0 Å². The first-order valence-corrected chi connectivity index (χ1v) is 27.1. The van der Waals surface area contributed by atoms with Gasteiger partial charge in [0, 0.05) is 46.2 Å². The van der Waals surface area contributed by atoms with Crippen LogP contribution < -0.4 is 4.90 Å². The van der Waals surface area contributed by atoms with Crippen molar-refractivity contribution in [3.8, 4) is 22.3 Å². The number of hydrogen-bond acceptors (Lipinski definition) is 1. The molecule has 8 aromatic rings. The van der Waals surface area contributed by atoms with Crippen molar-refractivity contribution in [2.45, 2.75) is 83.1 Å². The van der Waals surface area contributed by atoms with Gasteiger partial charge in [-0.1, -0.05) is 184 Å². The van der Waals surface area contributed by atoms with Gasteiger partial charge in [0.05, 0.1) is 11.0 Å². The molecule has 2 heteroatoms. The smallest absolute Gasteiger partial charge is 0.0551 e. The van der Waals surface area contributed by atoms with Gasteiger partial charge in [-0.2, -0.15) is 0 Å². The van der Waals surface area contributed by atoms with E-state index < -0.39 is 0 Å². The second kappa shape index (κ2) is 16.5. The molecule has 2 nitrogen and oxygen atoms in total. The molecule has 6 unspecified atom stereocenters. The summed E-state index contributed by atoms with van der Waals surface area (Å²) in [6.45, 7) is 2.23. The van der Waals surface area contributed by atoms with Gasteiger partial charge >= 0.3 is 0 Å². The van der Waals surface area contributed by atoms with E-state index in [1.54, 1.807) is 5.56 Å². The zero-order valence-corrected chi connectivity index (χ0v) is 40.8. The van der Waals surface area contributed by atoms with E-state index in [0.717, 1.165) is 25.7 Å². The van der Waals surface area contributed by atoms with Crippen LogP contribution in [-0.2, 0) is 6.42 Å². The maximum atomic E-state index is 2.87. The molecule has 346 valence electrons. The number of hydrogen-bond donors (Lipinski definition) is 0. The summed E-state index contributed by atoms with van der Waals surface area (Å²) in [7, 11) is 0. The zero-order valence-electron chi connectivity index (χ0n) is 40.8. The van der Waals surface area contributed by atoms with E-state index in [1.807, 2.05) is 0 Å². The SMILES string of the molecule is CC/C=C\C1=C(n2c3ccc4ccccc4c3c3c4ccccc4c(-c4cccc5c(-c6cc7c(c8c6CCC=C8)C6C8C=CC=CC8CCC6N7C6=CC7CCCCC7C=C6)cccc45)cc32)CC=C1. The number of allylic oxidation sites excluding steroid dienone is 14. The number of fused-ring (bicyclic) bond motifs is 16. The van der Waals surface area contributed by atoms with E-state index in [0.29, 0.717) is 35.6 Å². The van der Waals surface area contributed by atoms with Crippen molar-refractivity contribution in [2.75, 3.05) is 4.90 Å². The molecule has 0 spiro atoms. The van der Waals surface area contributed by atoms with Gasteiger partial charge in [-0.05, 0) is 170 Å². The minimum Gasteiger partial charge on any atom is -0.338 e. The van der Waals surface area contributed by atoms with Crippen LogP contribution in [0.25, 0.3) is 88.2 Å². The van der Waals surface area contributed by atoms with Crippen LogP contribution in [0.1, 0.15) is 87.3 Å². The molecule has 2 heterocycles. The minimum absolute atomic E-state index is 0.457. The highest BCUT2D eigenvalue weighted by atomic mass is 15.2. The first-order chi connectivity index (χ1) is 35.2. The Morgan fingerprint density at radius 3 is 2.24 bits per heavy atom. The average Bonchev–Trinajstić information content (AvgIpc) is 4.14. The summed E-state index contributed by atoms with van der Waals surface area (Å²) < 4.78 is 2.61. The summed E-state index contributed by atoms with van der Waals surface area (Å²) in [5.74, 6) is 2.94. The summed E-state index contributed by atoms with van der Waals surface area (Å²) in [5.41, 5.74) is 18.1. The van der Waals surface area contributed by atoms with Crippen molar-refractivity contribution >= 4 is 71.6 Å². The Hall–Kier alpha value is -7.16. The molecule has 2 fully saturated rings. The molecule has 7 aliphatic rings. The molecule has 0 N–H and O–H groups in total. The number of rotatable bonds is 6. The van der Waals surface area contributed by atoms with Crippen LogP contribution in [0.4, 0.5) is 5.69 Å². The molecule has 6 atom stereocenters. The quantitative estimate of drug-likeness (QED) is 0.161. The molecular formula is C69H60N2. The van der Waals surface area contributed by atoms with Crippen LogP contribution in [0.5, 0.6) is 0 Å². The minimum atomic E-state index is 0.457. The van der Waals surface area contributed by atoms with Gasteiger partial charge < -0.3 is 9.47 Å². The summed E-state index contributed by atoms with van der Waals surface area (Å²) >= 11 is 0. The molecule has 6 aliphatic carbocycles. The Morgan fingerprint density at radius 1 is 0.606 bits per heavy atom. The summed E-state index contributed by atoms with van der Waals surface area (Å²) in [4.78, 5) is 2.87. The maximum Gasteiger partial charge on any atom is 0.0551 e. The molecule has 0 saturated heterocycles. The number of anilines is 1. The molecule has 1 aliphatic heterocycles. The highest BCUT2D eigenvalue weighted by Gasteiger charge is 2.50. The van der Waals surface area contributed by atoms with Crippen molar-refractivity contribution in [1.29, 1.82) is 0 Å². The highest BCUT2D eigenvalue weighted by Crippen LogP contribution is 2.59. The number of nitrogens with zero attached hydrogens (tertiary/aromatic N) is 2. The van der Waals surface area contributed by atoms with Crippen LogP contribution >= 0.6 is 0 Å². The fraction of sp³-hybridized carbons (Fsp3) is 0.246. The van der Waals surface area contributed by atoms with E-state index in [4.69, 9.17) is 0 Å². The lowest BCUT2D eigenvalue weighted by atomic mass is 9.65. The monoisotopic (exact) mass is 916 g/mol. The number of aromatic nitrogens is 1. The molecule has 71 heavy (non-hydrogen) atoms. The third-order valence-corrected chi connectivity index (χ3v) is 18.2. The lowest BCUT2D eigenvalue weighted by Crippen LogP contribution is -2.41. The fourth-order valence-electron chi connectivity index (χ4n) is 15.1. The average molecular weight is 917 g/mol. The summed E-state index contributed by atoms with van der Waals surface area (Å²) in [6, 6.07) is 42.9. The predicted molar refractivity (Wildman–Crippen MR) is 303 cm³/mol. The predicted octanol–water partition coefficient (Wildman–Crippen LogP) is 18.4. The van der Waals surface area contributed by atoms with E-state index >= 15 is 0 Å². The zero-order chi connectivity index (χ0) is 46.7. The van der Waals surface area contributed by atoms with E-state index in [2.05, 4.69) is 205 Å². The van der Waals surface area contributed by atoms with Crippen molar-refractivity contribution in [3.05, 3.63) is 210 Å². The Labute approximate surface area is 418 Å². The van der Waals surface area contributed by atoms with Gasteiger partial charge in [0.25, 0.3) is 0 Å². The molecule has 0 amide bonds. The van der Waals surface area contributed by atoms with Crippen molar-refractivity contribution in [1.82, 2.24) is 4.57 Å². The largest absolute Gasteiger partial charge is 0.338 e. The molecule has 2 saturated carbocycles.